The molecule has 0 aliphatic rings. The summed E-state index contributed by atoms with van der Waals surface area (Å²) in [7, 11) is 0. The van der Waals surface area contributed by atoms with Crippen LogP contribution in [0.3, 0.4) is 0 Å². The van der Waals surface area contributed by atoms with E-state index in [1.165, 1.54) is 12.4 Å². The van der Waals surface area contributed by atoms with E-state index in [1.54, 1.807) is 22.8 Å². The molecular formula is C16H9Cl3F3N3. The second kappa shape index (κ2) is 6.86. The molecule has 3 aromatic rings. The summed E-state index contributed by atoms with van der Waals surface area (Å²) in [5.41, 5.74) is 0.0350. The van der Waals surface area contributed by atoms with Gasteiger partial charge in [-0.25, -0.2) is 0 Å². The van der Waals surface area contributed by atoms with Crippen LogP contribution in [0, 0.1) is 0 Å². The summed E-state index contributed by atoms with van der Waals surface area (Å²) in [5.74, 6) is 0.376. The predicted molar refractivity (Wildman–Crippen MR) is 91.0 cm³/mol. The van der Waals surface area contributed by atoms with Crippen molar-refractivity contribution >= 4 is 34.8 Å². The number of benzene rings is 2. The van der Waals surface area contributed by atoms with Crippen LogP contribution < -0.4 is 0 Å². The Morgan fingerprint density at radius 3 is 2.48 bits per heavy atom. The van der Waals surface area contributed by atoms with Gasteiger partial charge in [-0.2, -0.15) is 13.2 Å². The Labute approximate surface area is 156 Å². The van der Waals surface area contributed by atoms with Gasteiger partial charge in [-0.05, 0) is 35.9 Å². The van der Waals surface area contributed by atoms with E-state index in [4.69, 9.17) is 34.8 Å². The van der Waals surface area contributed by atoms with Crippen LogP contribution in [0.1, 0.15) is 11.1 Å². The molecule has 0 aliphatic carbocycles. The molecule has 2 aromatic carbocycles. The number of halogens is 6. The van der Waals surface area contributed by atoms with Crippen molar-refractivity contribution in [3.05, 3.63) is 68.9 Å². The molecule has 9 heteroatoms. The lowest BCUT2D eigenvalue weighted by Gasteiger charge is -2.13. The number of nitrogens with zero attached hydrogens (tertiary/aromatic N) is 3. The van der Waals surface area contributed by atoms with Crippen molar-refractivity contribution in [1.29, 1.82) is 0 Å². The van der Waals surface area contributed by atoms with Crippen molar-refractivity contribution in [2.24, 2.45) is 0 Å². The second-order valence-electron chi connectivity index (χ2n) is 5.19. The van der Waals surface area contributed by atoms with E-state index in [-0.39, 0.29) is 22.2 Å². The second-order valence-corrected chi connectivity index (χ2v) is 6.38. The standard InChI is InChI=1S/C16H9Cl3F3N3/c17-12-5-4-10(16(20,21)22)6-9(12)7-25-8-23-24-15(25)11-2-1-3-13(18)14(11)19/h1-6,8H,7H2. The number of hydrogen-bond donors (Lipinski definition) is 0. The van der Waals surface area contributed by atoms with E-state index in [2.05, 4.69) is 10.2 Å². The lowest BCUT2D eigenvalue weighted by molar-refractivity contribution is -0.137. The van der Waals surface area contributed by atoms with Crippen molar-refractivity contribution < 1.29 is 13.2 Å². The summed E-state index contributed by atoms with van der Waals surface area (Å²) < 4.78 is 40.3. The van der Waals surface area contributed by atoms with Crippen LogP contribution in [0.4, 0.5) is 13.2 Å². The molecule has 0 saturated carbocycles. The maximum atomic E-state index is 12.9. The molecule has 0 atom stereocenters. The summed E-state index contributed by atoms with van der Waals surface area (Å²) in [6, 6.07) is 8.18. The van der Waals surface area contributed by atoms with Gasteiger partial charge >= 0.3 is 6.18 Å². The number of alkyl halides is 3. The van der Waals surface area contributed by atoms with Crippen molar-refractivity contribution in [1.82, 2.24) is 14.8 Å². The molecule has 0 N–H and O–H groups in total. The molecule has 0 radical (unpaired) electrons. The minimum absolute atomic E-state index is 0.0495. The Hall–Kier alpha value is -1.76. The smallest absolute Gasteiger partial charge is 0.309 e. The summed E-state index contributed by atoms with van der Waals surface area (Å²) in [6.07, 6.45) is -3.06. The van der Waals surface area contributed by atoms with Crippen LogP contribution in [-0.4, -0.2) is 14.8 Å². The zero-order chi connectivity index (χ0) is 18.2. The molecule has 130 valence electrons. The van der Waals surface area contributed by atoms with Gasteiger partial charge in [0.1, 0.15) is 6.33 Å². The molecule has 25 heavy (non-hydrogen) atoms. The quantitative estimate of drug-likeness (QED) is 0.536. The maximum Gasteiger partial charge on any atom is 0.416 e. The Bertz CT molecular complexity index is 922. The number of aromatic nitrogens is 3. The van der Waals surface area contributed by atoms with Gasteiger partial charge in [0.15, 0.2) is 5.82 Å². The van der Waals surface area contributed by atoms with Gasteiger partial charge < -0.3 is 4.57 Å². The fourth-order valence-electron chi connectivity index (χ4n) is 2.31. The molecule has 0 unspecified atom stereocenters. The lowest BCUT2D eigenvalue weighted by Crippen LogP contribution is -2.08. The molecule has 0 bridgehead atoms. The predicted octanol–water partition coefficient (Wildman–Crippen LogP) is 5.97. The first kappa shape index (κ1) is 18.0. The van der Waals surface area contributed by atoms with E-state index >= 15 is 0 Å². The van der Waals surface area contributed by atoms with E-state index < -0.39 is 11.7 Å². The maximum absolute atomic E-state index is 12.9. The molecule has 0 saturated heterocycles. The minimum atomic E-state index is -4.45. The third kappa shape index (κ3) is 3.76. The molecular weight excluding hydrogens is 398 g/mol. The fourth-order valence-corrected chi connectivity index (χ4v) is 2.87. The molecule has 1 heterocycles. The van der Waals surface area contributed by atoms with Crippen LogP contribution in [0.15, 0.2) is 42.7 Å². The van der Waals surface area contributed by atoms with Gasteiger partial charge in [0.2, 0.25) is 0 Å². The van der Waals surface area contributed by atoms with Crippen molar-refractivity contribution in [3.63, 3.8) is 0 Å². The summed E-state index contributed by atoms with van der Waals surface area (Å²) in [4.78, 5) is 0. The molecule has 0 spiro atoms. The zero-order valence-corrected chi connectivity index (χ0v) is 14.6. The molecule has 1 aromatic heterocycles. The first-order chi connectivity index (χ1) is 11.8. The normalized spacial score (nSPS) is 11.8. The van der Waals surface area contributed by atoms with Crippen molar-refractivity contribution in [2.45, 2.75) is 12.7 Å². The van der Waals surface area contributed by atoms with Gasteiger partial charge in [-0.15, -0.1) is 10.2 Å². The highest BCUT2D eigenvalue weighted by Gasteiger charge is 2.31. The van der Waals surface area contributed by atoms with Crippen LogP contribution in [0.25, 0.3) is 11.4 Å². The summed E-state index contributed by atoms with van der Waals surface area (Å²) in [5, 5.41) is 8.64. The molecule has 0 amide bonds. The van der Waals surface area contributed by atoms with Crippen molar-refractivity contribution in [2.75, 3.05) is 0 Å². The first-order valence-corrected chi connectivity index (χ1v) is 8.08. The molecule has 0 aliphatic heterocycles. The summed E-state index contributed by atoms with van der Waals surface area (Å²) in [6.45, 7) is 0.0495. The van der Waals surface area contributed by atoms with Gasteiger partial charge in [0.25, 0.3) is 0 Å². The fraction of sp³-hybridized carbons (Fsp3) is 0.125. The molecule has 3 nitrogen and oxygen atoms in total. The van der Waals surface area contributed by atoms with Gasteiger partial charge in [-0.1, -0.05) is 40.9 Å². The first-order valence-electron chi connectivity index (χ1n) is 6.95. The Morgan fingerprint density at radius 1 is 1.00 bits per heavy atom. The van der Waals surface area contributed by atoms with Crippen molar-refractivity contribution in [3.8, 4) is 11.4 Å². The minimum Gasteiger partial charge on any atom is -0.309 e. The highest BCUT2D eigenvalue weighted by molar-refractivity contribution is 6.43. The molecule has 0 fully saturated rings. The SMILES string of the molecule is FC(F)(F)c1ccc(Cl)c(Cn2cnnc2-c2cccc(Cl)c2Cl)c1. The lowest BCUT2D eigenvalue weighted by atomic mass is 10.1. The third-order valence-corrected chi connectivity index (χ3v) is 4.71. The summed E-state index contributed by atoms with van der Waals surface area (Å²) >= 11 is 18.2. The highest BCUT2D eigenvalue weighted by Crippen LogP contribution is 2.34. The van der Waals surface area contributed by atoms with E-state index in [9.17, 15) is 13.2 Å². The molecule has 3 rings (SSSR count). The van der Waals surface area contributed by atoms with E-state index in [1.807, 2.05) is 0 Å². The van der Waals surface area contributed by atoms with Crippen LogP contribution in [0.2, 0.25) is 15.1 Å². The number of hydrogen-bond acceptors (Lipinski definition) is 2. The van der Waals surface area contributed by atoms with Crippen LogP contribution in [0.5, 0.6) is 0 Å². The third-order valence-electron chi connectivity index (χ3n) is 3.52. The zero-order valence-electron chi connectivity index (χ0n) is 12.4. The Kier molecular flexibility index (Phi) is 4.95. The van der Waals surface area contributed by atoms with Gasteiger partial charge in [0.05, 0.1) is 22.2 Å². The average Bonchev–Trinajstić information content (AvgIpc) is 2.99. The van der Waals surface area contributed by atoms with Crippen LogP contribution in [-0.2, 0) is 12.7 Å². The van der Waals surface area contributed by atoms with Gasteiger partial charge in [-0.3, -0.25) is 0 Å². The average molecular weight is 407 g/mol. The van der Waals surface area contributed by atoms with Crippen LogP contribution >= 0.6 is 34.8 Å². The number of rotatable bonds is 3. The Morgan fingerprint density at radius 2 is 1.76 bits per heavy atom. The van der Waals surface area contributed by atoms with Gasteiger partial charge in [0, 0.05) is 10.6 Å². The topological polar surface area (TPSA) is 30.7 Å². The largest absolute Gasteiger partial charge is 0.416 e. The Balaban J connectivity index is 2.01. The monoisotopic (exact) mass is 405 g/mol. The van der Waals surface area contributed by atoms with E-state index in [0.717, 1.165) is 12.1 Å². The van der Waals surface area contributed by atoms with E-state index in [0.29, 0.717) is 16.4 Å². The highest BCUT2D eigenvalue weighted by atomic mass is 35.5.